The number of pyridine rings is 1. The normalized spacial score (nSPS) is 11.4. The van der Waals surface area contributed by atoms with Gasteiger partial charge in [0.25, 0.3) is 5.89 Å². The van der Waals surface area contributed by atoms with Gasteiger partial charge in [-0.2, -0.15) is 8.78 Å². The maximum atomic E-state index is 14.3. The second-order valence-corrected chi connectivity index (χ2v) is 5.55. The molecule has 0 bridgehead atoms. The van der Waals surface area contributed by atoms with E-state index in [-0.39, 0.29) is 23.8 Å². The molecule has 4 aromatic rings. The molecule has 0 atom stereocenters. The van der Waals surface area contributed by atoms with Crippen LogP contribution in [0.15, 0.2) is 39.3 Å². The van der Waals surface area contributed by atoms with E-state index in [2.05, 4.69) is 20.2 Å². The minimum Gasteiger partial charge on any atom is -0.487 e. The summed E-state index contributed by atoms with van der Waals surface area (Å²) in [5.74, 6) is -0.768. The van der Waals surface area contributed by atoms with Crippen molar-refractivity contribution in [1.29, 1.82) is 0 Å². The van der Waals surface area contributed by atoms with Gasteiger partial charge in [0.1, 0.15) is 29.4 Å². The molecule has 0 aliphatic carbocycles. The van der Waals surface area contributed by atoms with Gasteiger partial charge in [-0.15, -0.1) is 10.2 Å². The highest BCUT2D eigenvalue weighted by Gasteiger charge is 2.18. The van der Waals surface area contributed by atoms with E-state index >= 15 is 0 Å². The maximum Gasteiger partial charge on any atom is 0.314 e. The number of benzene rings is 1. The van der Waals surface area contributed by atoms with Crippen LogP contribution in [0, 0.1) is 12.7 Å². The van der Waals surface area contributed by atoms with E-state index in [0.717, 1.165) is 6.07 Å². The Balaban J connectivity index is 1.50. The van der Waals surface area contributed by atoms with Gasteiger partial charge in [-0.3, -0.25) is 4.98 Å². The molecule has 0 N–H and O–H groups in total. The molecule has 0 radical (unpaired) electrons. The van der Waals surface area contributed by atoms with Gasteiger partial charge in [-0.05, 0) is 18.2 Å². The molecule has 4 rings (SSSR count). The molecule has 7 nitrogen and oxygen atoms in total. The molecule has 0 saturated heterocycles. The highest BCUT2D eigenvalue weighted by atomic mass is 19.3. The van der Waals surface area contributed by atoms with Crippen molar-refractivity contribution in [3.8, 4) is 17.2 Å². The molecule has 0 spiro atoms. The number of aromatic nitrogens is 4. The summed E-state index contributed by atoms with van der Waals surface area (Å²) in [5.41, 5.74) is 1.37. The van der Waals surface area contributed by atoms with Crippen molar-refractivity contribution in [1.82, 2.24) is 20.2 Å². The highest BCUT2D eigenvalue weighted by Crippen LogP contribution is 2.25. The zero-order valence-corrected chi connectivity index (χ0v) is 13.8. The molecular formula is C17H11F3N4O3. The molecule has 0 saturated carbocycles. The van der Waals surface area contributed by atoms with Gasteiger partial charge in [-0.25, -0.2) is 9.37 Å². The van der Waals surface area contributed by atoms with Gasteiger partial charge in [0, 0.05) is 19.2 Å². The largest absolute Gasteiger partial charge is 0.487 e. The molecule has 0 unspecified atom stereocenters. The van der Waals surface area contributed by atoms with Gasteiger partial charge in [0.15, 0.2) is 11.5 Å². The predicted molar refractivity (Wildman–Crippen MR) is 85.5 cm³/mol. The lowest BCUT2D eigenvalue weighted by Gasteiger charge is -2.07. The van der Waals surface area contributed by atoms with E-state index in [0.29, 0.717) is 22.7 Å². The molecule has 27 heavy (non-hydrogen) atoms. The molecule has 3 aromatic heterocycles. The molecule has 10 heteroatoms. The third-order valence-corrected chi connectivity index (χ3v) is 3.63. The number of oxazole rings is 1. The lowest BCUT2D eigenvalue weighted by Crippen LogP contribution is -2.02. The average Bonchev–Trinajstić information content (AvgIpc) is 3.26. The first kappa shape index (κ1) is 17.0. The van der Waals surface area contributed by atoms with Crippen LogP contribution in [-0.2, 0) is 6.61 Å². The Kier molecular flexibility index (Phi) is 4.22. The molecule has 0 amide bonds. The van der Waals surface area contributed by atoms with Crippen molar-refractivity contribution in [3.63, 3.8) is 0 Å². The van der Waals surface area contributed by atoms with Gasteiger partial charge >= 0.3 is 6.43 Å². The summed E-state index contributed by atoms with van der Waals surface area (Å²) in [4.78, 5) is 8.13. The summed E-state index contributed by atoms with van der Waals surface area (Å²) in [6, 6.07) is 6.11. The minimum atomic E-state index is -2.90. The molecule has 0 aliphatic heterocycles. The summed E-state index contributed by atoms with van der Waals surface area (Å²) in [6.07, 6.45) is -1.66. The van der Waals surface area contributed by atoms with Crippen LogP contribution in [0.1, 0.15) is 23.9 Å². The smallest absolute Gasteiger partial charge is 0.314 e. The molecule has 138 valence electrons. The van der Waals surface area contributed by atoms with Crippen LogP contribution in [0.4, 0.5) is 13.2 Å². The summed E-state index contributed by atoms with van der Waals surface area (Å²) in [5, 5.41) is 6.64. The Morgan fingerprint density at radius 1 is 1.15 bits per heavy atom. The third kappa shape index (κ3) is 3.46. The minimum absolute atomic E-state index is 0.0313. The third-order valence-electron chi connectivity index (χ3n) is 3.63. The number of rotatable bonds is 5. The van der Waals surface area contributed by atoms with E-state index in [4.69, 9.17) is 13.6 Å². The summed E-state index contributed by atoms with van der Waals surface area (Å²) in [6.45, 7) is 1.59. The first-order chi connectivity index (χ1) is 13.0. The van der Waals surface area contributed by atoms with Crippen LogP contribution < -0.4 is 4.74 Å². The number of ether oxygens (including phenoxy) is 1. The van der Waals surface area contributed by atoms with Crippen LogP contribution >= 0.6 is 0 Å². The van der Waals surface area contributed by atoms with Gasteiger partial charge in [0.2, 0.25) is 5.89 Å². The Labute approximate surface area is 149 Å². The van der Waals surface area contributed by atoms with Crippen molar-refractivity contribution in [2.45, 2.75) is 20.0 Å². The van der Waals surface area contributed by atoms with Crippen molar-refractivity contribution >= 4 is 11.1 Å². The van der Waals surface area contributed by atoms with E-state index < -0.39 is 18.1 Å². The summed E-state index contributed by atoms with van der Waals surface area (Å²) < 4.78 is 54.9. The fraction of sp³-hybridized carbons (Fsp3) is 0.176. The van der Waals surface area contributed by atoms with Crippen LogP contribution in [0.5, 0.6) is 5.75 Å². The van der Waals surface area contributed by atoms with Crippen LogP contribution in [0.25, 0.3) is 22.6 Å². The first-order valence-electron chi connectivity index (χ1n) is 7.76. The SMILES string of the molecule is Cc1nc2cc(OCc3ncc(-c4nnc(C(F)F)o4)cc3F)ccc2o1. The Morgan fingerprint density at radius 3 is 2.74 bits per heavy atom. The van der Waals surface area contributed by atoms with Crippen LogP contribution in [0.2, 0.25) is 0 Å². The summed E-state index contributed by atoms with van der Waals surface area (Å²) in [7, 11) is 0. The average molecular weight is 376 g/mol. The van der Waals surface area contributed by atoms with Crippen molar-refractivity contribution in [3.05, 3.63) is 53.8 Å². The number of nitrogens with zero attached hydrogens (tertiary/aromatic N) is 4. The highest BCUT2D eigenvalue weighted by molar-refractivity contribution is 5.74. The fourth-order valence-electron chi connectivity index (χ4n) is 2.39. The van der Waals surface area contributed by atoms with E-state index in [1.165, 1.54) is 6.20 Å². The van der Waals surface area contributed by atoms with E-state index in [1.54, 1.807) is 25.1 Å². The number of alkyl halides is 2. The van der Waals surface area contributed by atoms with Crippen LogP contribution in [0.3, 0.4) is 0 Å². The monoisotopic (exact) mass is 376 g/mol. The second kappa shape index (κ2) is 6.71. The Hall–Kier alpha value is -3.43. The second-order valence-electron chi connectivity index (χ2n) is 5.55. The topological polar surface area (TPSA) is 87.1 Å². The zero-order valence-electron chi connectivity index (χ0n) is 13.8. The Bertz CT molecular complexity index is 1110. The number of hydrogen-bond donors (Lipinski definition) is 0. The lowest BCUT2D eigenvalue weighted by molar-refractivity contribution is 0.116. The quantitative estimate of drug-likeness (QED) is 0.515. The zero-order chi connectivity index (χ0) is 19.0. The van der Waals surface area contributed by atoms with Crippen molar-refractivity contribution in [2.24, 2.45) is 0 Å². The number of aryl methyl sites for hydroxylation is 1. The fourth-order valence-corrected chi connectivity index (χ4v) is 2.39. The summed E-state index contributed by atoms with van der Waals surface area (Å²) >= 11 is 0. The molecular weight excluding hydrogens is 365 g/mol. The standard InChI is InChI=1S/C17H11F3N4O3/c1-8-22-12-5-10(2-3-14(12)26-8)25-7-13-11(18)4-9(6-21-13)16-23-24-17(27-16)15(19)20/h2-6,15H,7H2,1H3. The number of halogens is 3. The van der Waals surface area contributed by atoms with E-state index in [9.17, 15) is 13.2 Å². The van der Waals surface area contributed by atoms with Gasteiger partial charge in [0.05, 0.1) is 5.56 Å². The molecule has 0 fully saturated rings. The molecule has 3 heterocycles. The van der Waals surface area contributed by atoms with Gasteiger partial charge < -0.3 is 13.6 Å². The van der Waals surface area contributed by atoms with Crippen molar-refractivity contribution in [2.75, 3.05) is 0 Å². The number of hydrogen-bond acceptors (Lipinski definition) is 7. The Morgan fingerprint density at radius 2 is 2.00 bits per heavy atom. The van der Waals surface area contributed by atoms with Crippen LogP contribution in [-0.4, -0.2) is 20.2 Å². The lowest BCUT2D eigenvalue weighted by atomic mass is 10.2. The first-order valence-corrected chi connectivity index (χ1v) is 7.76. The number of fused-ring (bicyclic) bond motifs is 1. The van der Waals surface area contributed by atoms with Crippen molar-refractivity contribution < 1.29 is 26.7 Å². The van der Waals surface area contributed by atoms with E-state index in [1.807, 2.05) is 0 Å². The molecule has 0 aliphatic rings. The van der Waals surface area contributed by atoms with Gasteiger partial charge in [-0.1, -0.05) is 0 Å². The maximum absolute atomic E-state index is 14.3. The predicted octanol–water partition coefficient (Wildman–Crippen LogP) is 4.24. The molecule has 1 aromatic carbocycles.